The molecule has 30 heavy (non-hydrogen) atoms. The van der Waals surface area contributed by atoms with Gasteiger partial charge in [0.1, 0.15) is 11.8 Å². The van der Waals surface area contributed by atoms with E-state index in [-0.39, 0.29) is 18.9 Å². The molecular formula is C20H21BN2O7. The van der Waals surface area contributed by atoms with Crippen LogP contribution in [0.4, 0.5) is 0 Å². The van der Waals surface area contributed by atoms with Crippen LogP contribution in [0, 0.1) is 0 Å². The number of nitrogens with one attached hydrogen (secondary N) is 1. The summed E-state index contributed by atoms with van der Waals surface area (Å²) in [5, 5.41) is 21.8. The second-order valence-electron chi connectivity index (χ2n) is 7.41. The van der Waals surface area contributed by atoms with Gasteiger partial charge in [-0.2, -0.15) is 0 Å². The zero-order chi connectivity index (χ0) is 21.3. The van der Waals surface area contributed by atoms with Crippen molar-refractivity contribution in [3.8, 4) is 0 Å². The van der Waals surface area contributed by atoms with Gasteiger partial charge in [-0.25, -0.2) is 0 Å². The fourth-order valence-electron chi connectivity index (χ4n) is 3.95. The Balaban J connectivity index is 1.50. The number of amides is 2. The quantitative estimate of drug-likeness (QED) is 0.587. The molecule has 156 valence electrons. The Hall–Kier alpha value is -3.11. The van der Waals surface area contributed by atoms with Crippen molar-refractivity contribution in [2.75, 3.05) is 6.54 Å². The third kappa shape index (κ3) is 3.96. The van der Waals surface area contributed by atoms with Crippen molar-refractivity contribution in [1.29, 1.82) is 0 Å². The number of carboxylic acids is 1. The number of fused-ring (bicyclic) bond motifs is 1. The van der Waals surface area contributed by atoms with E-state index < -0.39 is 31.1 Å². The van der Waals surface area contributed by atoms with Gasteiger partial charge < -0.3 is 29.4 Å². The van der Waals surface area contributed by atoms with Gasteiger partial charge in [0.2, 0.25) is 5.91 Å². The van der Waals surface area contributed by atoms with Crippen LogP contribution >= 0.6 is 0 Å². The van der Waals surface area contributed by atoms with E-state index in [1.807, 2.05) is 0 Å². The third-order valence-electron chi connectivity index (χ3n) is 5.45. The molecule has 1 aromatic carbocycles. The second kappa shape index (κ2) is 8.33. The first-order valence-corrected chi connectivity index (χ1v) is 9.73. The second-order valence-corrected chi connectivity index (χ2v) is 7.41. The topological polar surface area (TPSA) is 129 Å². The molecule has 2 atom stereocenters. The van der Waals surface area contributed by atoms with Gasteiger partial charge in [0.15, 0.2) is 0 Å². The van der Waals surface area contributed by atoms with Gasteiger partial charge in [-0.15, -0.1) is 0 Å². The molecule has 9 nitrogen and oxygen atoms in total. The summed E-state index contributed by atoms with van der Waals surface area (Å²) in [6.07, 6.45) is 2.22. The average molecular weight is 412 g/mol. The molecule has 3 heterocycles. The fourth-order valence-corrected chi connectivity index (χ4v) is 3.95. The molecule has 2 aliphatic rings. The summed E-state index contributed by atoms with van der Waals surface area (Å²) < 4.78 is 10.4. The lowest BCUT2D eigenvalue weighted by Gasteiger charge is -2.26. The van der Waals surface area contributed by atoms with Crippen molar-refractivity contribution in [3.63, 3.8) is 0 Å². The molecule has 0 saturated carbocycles. The molecule has 4 rings (SSSR count). The van der Waals surface area contributed by atoms with Crippen LogP contribution in [0.2, 0.25) is 0 Å². The first-order valence-electron chi connectivity index (χ1n) is 9.73. The molecular weight excluding hydrogens is 391 g/mol. The summed E-state index contributed by atoms with van der Waals surface area (Å²) in [5.74, 6) is -1.47. The molecule has 3 N–H and O–H groups in total. The number of furan rings is 1. The predicted molar refractivity (Wildman–Crippen MR) is 105 cm³/mol. The molecule has 1 unspecified atom stereocenters. The minimum atomic E-state index is -1.07. The van der Waals surface area contributed by atoms with Gasteiger partial charge in [0.25, 0.3) is 5.91 Å². The lowest BCUT2D eigenvalue weighted by Crippen LogP contribution is -2.47. The Morgan fingerprint density at radius 1 is 1.30 bits per heavy atom. The number of likely N-dealkylation sites (tertiary alicyclic amines) is 1. The van der Waals surface area contributed by atoms with Crippen molar-refractivity contribution < 1.29 is 33.6 Å². The van der Waals surface area contributed by atoms with E-state index in [1.54, 1.807) is 30.3 Å². The molecule has 0 bridgehead atoms. The highest BCUT2D eigenvalue weighted by atomic mass is 16.5. The number of carbonyl (C=O) groups is 3. The Morgan fingerprint density at radius 3 is 2.87 bits per heavy atom. The summed E-state index contributed by atoms with van der Waals surface area (Å²) in [4.78, 5) is 38.7. The summed E-state index contributed by atoms with van der Waals surface area (Å²) in [6.45, 7) is 0.703. The first kappa shape index (κ1) is 20.2. The van der Waals surface area contributed by atoms with Crippen molar-refractivity contribution in [1.82, 2.24) is 10.2 Å². The Morgan fingerprint density at radius 2 is 2.13 bits per heavy atom. The van der Waals surface area contributed by atoms with E-state index in [9.17, 15) is 19.4 Å². The summed E-state index contributed by atoms with van der Waals surface area (Å²) >= 11 is 0. The maximum atomic E-state index is 13.1. The zero-order valence-corrected chi connectivity index (χ0v) is 16.1. The number of carboxylic acid groups (broad SMARTS) is 1. The van der Waals surface area contributed by atoms with Gasteiger partial charge in [-0.05, 0) is 48.1 Å². The standard InChI is InChI=1S/C20H21BN2O7/c24-18(25)10-15(17-4-2-8-29-17)22-19(26)16-3-1-7-23(16)20(27)12-5-6-13-11-30-21(28)14(13)9-12/h2,4-6,8-9,15-16,28H,1,3,7,10-11H2,(H,22,26)(H,24,25)/t15-,16?/m0/s1. The number of hydrogen-bond acceptors (Lipinski definition) is 6. The Kier molecular flexibility index (Phi) is 5.60. The Bertz CT molecular complexity index is 962. The van der Waals surface area contributed by atoms with Crippen LogP contribution in [-0.4, -0.2) is 52.5 Å². The lowest BCUT2D eigenvalue weighted by molar-refractivity contribution is -0.138. The number of carbonyl (C=O) groups excluding carboxylic acids is 2. The highest BCUT2D eigenvalue weighted by Crippen LogP contribution is 2.24. The molecule has 1 fully saturated rings. The number of nitrogens with zero attached hydrogens (tertiary/aromatic N) is 1. The monoisotopic (exact) mass is 412 g/mol. The van der Waals surface area contributed by atoms with E-state index in [4.69, 9.17) is 14.2 Å². The minimum absolute atomic E-state index is 0.289. The Labute approximate surface area is 172 Å². The zero-order valence-electron chi connectivity index (χ0n) is 16.1. The van der Waals surface area contributed by atoms with Crippen LogP contribution in [0.25, 0.3) is 0 Å². The van der Waals surface area contributed by atoms with Crippen LogP contribution in [0.5, 0.6) is 0 Å². The molecule has 2 aromatic rings. The molecule has 1 aromatic heterocycles. The maximum Gasteiger partial charge on any atom is 0.491 e. The smallest absolute Gasteiger partial charge is 0.481 e. The van der Waals surface area contributed by atoms with E-state index in [0.717, 1.165) is 5.56 Å². The molecule has 0 spiro atoms. The van der Waals surface area contributed by atoms with Gasteiger partial charge in [0.05, 0.1) is 25.3 Å². The fraction of sp³-hybridized carbons (Fsp3) is 0.350. The first-order chi connectivity index (χ1) is 14.4. The van der Waals surface area contributed by atoms with E-state index in [1.165, 1.54) is 11.2 Å². The maximum absolute atomic E-state index is 13.1. The number of hydrogen-bond donors (Lipinski definition) is 3. The molecule has 10 heteroatoms. The van der Waals surface area contributed by atoms with E-state index >= 15 is 0 Å². The molecule has 0 aliphatic carbocycles. The third-order valence-corrected chi connectivity index (χ3v) is 5.45. The minimum Gasteiger partial charge on any atom is -0.481 e. The molecule has 2 amide bonds. The van der Waals surface area contributed by atoms with Crippen molar-refractivity contribution >= 4 is 30.4 Å². The summed E-state index contributed by atoms with van der Waals surface area (Å²) in [7, 11) is -1.06. The normalized spacial score (nSPS) is 18.9. The number of benzene rings is 1. The SMILES string of the molecule is O=C(O)C[C@H](NC(=O)C1CCCN1C(=O)c1ccc2c(c1)B(O)OC2)c1ccco1. The van der Waals surface area contributed by atoms with Crippen molar-refractivity contribution in [2.45, 2.75) is 38.0 Å². The van der Waals surface area contributed by atoms with Crippen molar-refractivity contribution in [3.05, 3.63) is 53.5 Å². The predicted octanol–water partition coefficient (Wildman–Crippen LogP) is 0.434. The molecule has 0 radical (unpaired) electrons. The van der Waals surface area contributed by atoms with Crippen LogP contribution in [-0.2, 0) is 20.9 Å². The van der Waals surface area contributed by atoms with Gasteiger partial charge in [-0.3, -0.25) is 14.4 Å². The van der Waals surface area contributed by atoms with Crippen LogP contribution in [0.3, 0.4) is 0 Å². The van der Waals surface area contributed by atoms with Gasteiger partial charge in [-0.1, -0.05) is 6.07 Å². The van der Waals surface area contributed by atoms with Crippen LogP contribution in [0.1, 0.15) is 47.0 Å². The van der Waals surface area contributed by atoms with Crippen LogP contribution in [0.15, 0.2) is 41.0 Å². The summed E-state index contributed by atoms with van der Waals surface area (Å²) in [6, 6.07) is 6.68. The average Bonchev–Trinajstić information content (AvgIpc) is 3.47. The van der Waals surface area contributed by atoms with Gasteiger partial charge in [0, 0.05) is 12.1 Å². The van der Waals surface area contributed by atoms with Crippen molar-refractivity contribution in [2.24, 2.45) is 0 Å². The van der Waals surface area contributed by atoms with Crippen LogP contribution < -0.4 is 10.8 Å². The highest BCUT2D eigenvalue weighted by Gasteiger charge is 2.37. The number of rotatable bonds is 6. The van der Waals surface area contributed by atoms with Gasteiger partial charge >= 0.3 is 13.1 Å². The van der Waals surface area contributed by atoms with E-state index in [2.05, 4.69) is 5.32 Å². The summed E-state index contributed by atoms with van der Waals surface area (Å²) in [5.41, 5.74) is 1.75. The van der Waals surface area contributed by atoms with E-state index in [0.29, 0.717) is 36.2 Å². The number of aliphatic carboxylic acids is 1. The highest BCUT2D eigenvalue weighted by molar-refractivity contribution is 6.61. The molecule has 1 saturated heterocycles. The largest absolute Gasteiger partial charge is 0.491 e. The lowest BCUT2D eigenvalue weighted by atomic mass is 9.78. The molecule has 2 aliphatic heterocycles.